The molecule has 0 radical (unpaired) electrons. The Morgan fingerprint density at radius 3 is 2.92 bits per heavy atom. The molecule has 0 aliphatic carbocycles. The van der Waals surface area contributed by atoms with Gasteiger partial charge in [0.05, 0.1) is 12.3 Å². The summed E-state index contributed by atoms with van der Waals surface area (Å²) in [5, 5.41) is 10.7. The molecule has 0 bridgehead atoms. The molecule has 2 aromatic heterocycles. The number of nitrogens with one attached hydrogen (secondary N) is 2. The van der Waals surface area contributed by atoms with E-state index < -0.39 is 0 Å². The molecule has 0 aliphatic heterocycles. The quantitative estimate of drug-likeness (QED) is 0.684. The van der Waals surface area contributed by atoms with E-state index >= 15 is 0 Å². The molecule has 0 atom stereocenters. The predicted octanol–water partition coefficient (Wildman–Crippen LogP) is 2.69. The number of pyridine rings is 1. The number of ether oxygens (including phenoxy) is 1. The van der Waals surface area contributed by atoms with Crippen LogP contribution in [-0.4, -0.2) is 27.7 Å². The van der Waals surface area contributed by atoms with Crippen LogP contribution in [0.1, 0.15) is 18.2 Å². The van der Waals surface area contributed by atoms with Crippen LogP contribution >= 0.6 is 0 Å². The molecule has 6 nitrogen and oxygen atoms in total. The van der Waals surface area contributed by atoms with Crippen LogP contribution in [0.3, 0.4) is 0 Å². The van der Waals surface area contributed by atoms with E-state index in [0.29, 0.717) is 24.5 Å². The van der Waals surface area contributed by atoms with Crippen LogP contribution < -0.4 is 10.1 Å². The fourth-order valence-corrected chi connectivity index (χ4v) is 2.27. The maximum atomic E-state index is 11.9. The van der Waals surface area contributed by atoms with Crippen LogP contribution in [0.15, 0.2) is 48.7 Å². The zero-order valence-corrected chi connectivity index (χ0v) is 13.3. The van der Waals surface area contributed by atoms with Crippen LogP contribution in [0.2, 0.25) is 0 Å². The first-order valence-electron chi connectivity index (χ1n) is 7.73. The smallest absolute Gasteiger partial charge is 0.244 e. The summed E-state index contributed by atoms with van der Waals surface area (Å²) in [6.07, 6.45) is 4.84. The highest BCUT2D eigenvalue weighted by molar-refractivity contribution is 5.94. The summed E-state index contributed by atoms with van der Waals surface area (Å²) < 4.78 is 5.39. The lowest BCUT2D eigenvalue weighted by atomic mass is 10.2. The minimum absolute atomic E-state index is 0.177. The average Bonchev–Trinajstić information content (AvgIpc) is 3.03. The van der Waals surface area contributed by atoms with Crippen LogP contribution in [-0.2, 0) is 11.3 Å². The molecular weight excluding hydrogens is 304 g/mol. The fourth-order valence-electron chi connectivity index (χ4n) is 2.27. The lowest BCUT2D eigenvalue weighted by molar-refractivity contribution is -0.116. The van der Waals surface area contributed by atoms with Crippen molar-refractivity contribution >= 4 is 23.0 Å². The Morgan fingerprint density at radius 2 is 2.12 bits per heavy atom. The molecule has 122 valence electrons. The summed E-state index contributed by atoms with van der Waals surface area (Å²) in [5.41, 5.74) is 2.40. The molecule has 0 saturated heterocycles. The van der Waals surface area contributed by atoms with Gasteiger partial charge in [0.15, 0.2) is 5.65 Å². The second-order valence-electron chi connectivity index (χ2n) is 5.14. The highest BCUT2D eigenvalue weighted by Gasteiger charge is 2.03. The molecule has 1 aromatic carbocycles. The third kappa shape index (κ3) is 3.78. The molecule has 0 saturated carbocycles. The fraction of sp³-hybridized carbons (Fsp3) is 0.167. The number of amides is 1. The van der Waals surface area contributed by atoms with E-state index in [1.54, 1.807) is 12.3 Å². The molecule has 3 aromatic rings. The Morgan fingerprint density at radius 1 is 1.29 bits per heavy atom. The van der Waals surface area contributed by atoms with Gasteiger partial charge in [-0.05, 0) is 42.8 Å². The Bertz CT molecular complexity index is 853. The lowest BCUT2D eigenvalue weighted by Crippen LogP contribution is -2.20. The van der Waals surface area contributed by atoms with Crippen LogP contribution in [0.25, 0.3) is 17.1 Å². The van der Waals surface area contributed by atoms with Crippen molar-refractivity contribution in [2.24, 2.45) is 0 Å². The second-order valence-corrected chi connectivity index (χ2v) is 5.14. The summed E-state index contributed by atoms with van der Waals surface area (Å²) in [4.78, 5) is 16.1. The lowest BCUT2D eigenvalue weighted by Gasteiger charge is -2.05. The van der Waals surface area contributed by atoms with Crippen LogP contribution in [0, 0.1) is 0 Å². The topological polar surface area (TPSA) is 79.9 Å². The number of aromatic amines is 1. The molecule has 0 aliphatic rings. The number of fused-ring (bicyclic) bond motifs is 1. The van der Waals surface area contributed by atoms with Crippen molar-refractivity contribution in [2.45, 2.75) is 13.5 Å². The summed E-state index contributed by atoms with van der Waals surface area (Å²) in [5.74, 6) is 0.649. The molecule has 2 N–H and O–H groups in total. The van der Waals surface area contributed by atoms with E-state index in [1.807, 2.05) is 43.3 Å². The van der Waals surface area contributed by atoms with Gasteiger partial charge in [0.25, 0.3) is 0 Å². The number of carbonyl (C=O) groups is 1. The molecule has 3 rings (SSSR count). The van der Waals surface area contributed by atoms with Gasteiger partial charge < -0.3 is 10.1 Å². The maximum Gasteiger partial charge on any atom is 0.244 e. The van der Waals surface area contributed by atoms with Gasteiger partial charge in [0.1, 0.15) is 5.75 Å². The Labute approximate surface area is 139 Å². The van der Waals surface area contributed by atoms with Crippen LogP contribution in [0.5, 0.6) is 5.75 Å². The number of benzene rings is 1. The van der Waals surface area contributed by atoms with Gasteiger partial charge in [0.2, 0.25) is 5.91 Å². The SMILES string of the molecule is CCOc1ccc(CNC(=O)C=Cc2n[nH]c3ncccc23)cc1. The number of aromatic nitrogens is 3. The van der Waals surface area contributed by atoms with E-state index in [9.17, 15) is 4.79 Å². The molecular formula is C18H18N4O2. The Hall–Kier alpha value is -3.15. The third-order valence-electron chi connectivity index (χ3n) is 3.46. The standard InChI is InChI=1S/C18H18N4O2/c1-2-24-14-7-5-13(6-8-14)12-20-17(23)10-9-16-15-4-3-11-19-18(15)22-21-16/h3-11H,2,12H2,1H3,(H,20,23)(H,19,21,22). The minimum atomic E-state index is -0.177. The van der Waals surface area contributed by atoms with Crippen molar-refractivity contribution in [2.75, 3.05) is 6.61 Å². The van der Waals surface area contributed by atoms with E-state index in [4.69, 9.17) is 4.74 Å². The van der Waals surface area contributed by atoms with Crippen molar-refractivity contribution in [3.63, 3.8) is 0 Å². The molecule has 0 fully saturated rings. The largest absolute Gasteiger partial charge is 0.494 e. The summed E-state index contributed by atoms with van der Waals surface area (Å²) in [6.45, 7) is 3.04. The van der Waals surface area contributed by atoms with Gasteiger partial charge in [-0.2, -0.15) is 5.10 Å². The Balaban J connectivity index is 1.57. The highest BCUT2D eigenvalue weighted by Crippen LogP contribution is 2.14. The summed E-state index contributed by atoms with van der Waals surface area (Å²) >= 11 is 0. The van der Waals surface area contributed by atoms with E-state index in [1.165, 1.54) is 6.08 Å². The minimum Gasteiger partial charge on any atom is -0.494 e. The molecule has 0 unspecified atom stereocenters. The van der Waals surface area contributed by atoms with Crippen LogP contribution in [0.4, 0.5) is 0 Å². The number of carbonyl (C=O) groups excluding carboxylic acids is 1. The van der Waals surface area contributed by atoms with Crippen molar-refractivity contribution in [1.29, 1.82) is 0 Å². The zero-order valence-electron chi connectivity index (χ0n) is 13.3. The maximum absolute atomic E-state index is 11.9. The predicted molar refractivity (Wildman–Crippen MR) is 92.4 cm³/mol. The van der Waals surface area contributed by atoms with Gasteiger partial charge in [0, 0.05) is 24.2 Å². The second kappa shape index (κ2) is 7.41. The molecule has 6 heteroatoms. The monoisotopic (exact) mass is 322 g/mol. The van der Waals surface area contributed by atoms with Gasteiger partial charge in [-0.1, -0.05) is 12.1 Å². The number of hydrogen-bond acceptors (Lipinski definition) is 4. The van der Waals surface area contributed by atoms with Gasteiger partial charge in [-0.3, -0.25) is 9.89 Å². The van der Waals surface area contributed by atoms with Gasteiger partial charge in [-0.15, -0.1) is 0 Å². The van der Waals surface area contributed by atoms with Gasteiger partial charge >= 0.3 is 0 Å². The number of rotatable bonds is 6. The van der Waals surface area contributed by atoms with Crippen molar-refractivity contribution in [3.8, 4) is 5.75 Å². The first-order chi connectivity index (χ1) is 11.8. The van der Waals surface area contributed by atoms with Crippen molar-refractivity contribution in [3.05, 3.63) is 59.9 Å². The van der Waals surface area contributed by atoms with E-state index in [2.05, 4.69) is 20.5 Å². The molecule has 0 spiro atoms. The zero-order chi connectivity index (χ0) is 16.8. The Kier molecular flexibility index (Phi) is 4.86. The highest BCUT2D eigenvalue weighted by atomic mass is 16.5. The van der Waals surface area contributed by atoms with Crippen molar-refractivity contribution < 1.29 is 9.53 Å². The first kappa shape index (κ1) is 15.7. The molecule has 1 amide bonds. The normalized spacial score (nSPS) is 11.0. The summed E-state index contributed by atoms with van der Waals surface area (Å²) in [6, 6.07) is 11.4. The number of nitrogens with zero attached hydrogens (tertiary/aromatic N) is 2. The van der Waals surface area contributed by atoms with E-state index in [0.717, 1.165) is 16.7 Å². The average molecular weight is 322 g/mol. The van der Waals surface area contributed by atoms with E-state index in [-0.39, 0.29) is 5.91 Å². The number of H-pyrrole nitrogens is 1. The molecule has 24 heavy (non-hydrogen) atoms. The molecule has 2 heterocycles. The summed E-state index contributed by atoms with van der Waals surface area (Å²) in [7, 11) is 0. The number of hydrogen-bond donors (Lipinski definition) is 2. The van der Waals surface area contributed by atoms with Crippen molar-refractivity contribution in [1.82, 2.24) is 20.5 Å². The first-order valence-corrected chi connectivity index (χ1v) is 7.73. The third-order valence-corrected chi connectivity index (χ3v) is 3.46. The van der Waals surface area contributed by atoms with Gasteiger partial charge in [-0.25, -0.2) is 4.98 Å².